The summed E-state index contributed by atoms with van der Waals surface area (Å²) < 4.78 is 0. The van der Waals surface area contributed by atoms with E-state index in [-0.39, 0.29) is 11.6 Å². The van der Waals surface area contributed by atoms with Gasteiger partial charge < -0.3 is 15.5 Å². The standard InChI is InChI=1S/C29H32N6O/c36-28-26(25-13-12-22-9-4-5-11-24(22)32-25)27(31-23-10-6-16-30-19-23)33-29(34-28)35-17-14-21(15-18-35)20-7-2-1-3-8-20/h1-5,7-9,11-13,21,23,30H,6,10,14-19H2,(H2,31,33,34,36). The minimum Gasteiger partial charge on any atom is -0.365 e. The number of benzene rings is 2. The maximum absolute atomic E-state index is 13.5. The lowest BCUT2D eigenvalue weighted by atomic mass is 9.90. The van der Waals surface area contributed by atoms with Gasteiger partial charge >= 0.3 is 0 Å². The highest BCUT2D eigenvalue weighted by Crippen LogP contribution is 2.31. The van der Waals surface area contributed by atoms with Gasteiger partial charge in [0.25, 0.3) is 5.56 Å². The van der Waals surface area contributed by atoms with Crippen LogP contribution in [0.2, 0.25) is 0 Å². The molecule has 2 aromatic carbocycles. The molecule has 0 bridgehead atoms. The summed E-state index contributed by atoms with van der Waals surface area (Å²) in [6.07, 6.45) is 4.22. The van der Waals surface area contributed by atoms with Gasteiger partial charge in [0.15, 0.2) is 0 Å². The van der Waals surface area contributed by atoms with Gasteiger partial charge in [-0.25, -0.2) is 4.98 Å². The average Bonchev–Trinajstić information content (AvgIpc) is 2.94. The number of hydrogen-bond donors (Lipinski definition) is 3. The molecule has 2 aliphatic rings. The van der Waals surface area contributed by atoms with Crippen molar-refractivity contribution in [2.75, 3.05) is 36.4 Å². The molecule has 0 spiro atoms. The van der Waals surface area contributed by atoms with Crippen LogP contribution >= 0.6 is 0 Å². The fourth-order valence-electron chi connectivity index (χ4n) is 5.48. The molecular weight excluding hydrogens is 448 g/mol. The Balaban J connectivity index is 1.33. The van der Waals surface area contributed by atoms with Gasteiger partial charge in [0.05, 0.1) is 11.2 Å². The van der Waals surface area contributed by atoms with E-state index in [2.05, 4.69) is 50.8 Å². The molecule has 7 heteroatoms. The Bertz CT molecular complexity index is 1390. The van der Waals surface area contributed by atoms with Crippen LogP contribution < -0.4 is 21.1 Å². The Labute approximate surface area is 211 Å². The van der Waals surface area contributed by atoms with Crippen LogP contribution in [0.3, 0.4) is 0 Å². The molecule has 2 aromatic heterocycles. The van der Waals surface area contributed by atoms with Crippen molar-refractivity contribution >= 4 is 22.7 Å². The fraction of sp³-hybridized carbons (Fsp3) is 0.345. The third-order valence-electron chi connectivity index (χ3n) is 7.46. The van der Waals surface area contributed by atoms with Gasteiger partial charge in [0, 0.05) is 31.1 Å². The first-order chi connectivity index (χ1) is 17.7. The van der Waals surface area contributed by atoms with E-state index >= 15 is 0 Å². The number of para-hydroxylation sites is 1. The van der Waals surface area contributed by atoms with Crippen LogP contribution in [0.5, 0.6) is 0 Å². The zero-order chi connectivity index (χ0) is 24.3. The smallest absolute Gasteiger partial charge is 0.263 e. The summed E-state index contributed by atoms with van der Waals surface area (Å²) in [6, 6.07) is 22.9. The number of aromatic nitrogens is 3. The molecule has 4 aromatic rings. The van der Waals surface area contributed by atoms with Crippen molar-refractivity contribution in [2.45, 2.75) is 37.6 Å². The molecule has 6 rings (SSSR count). The summed E-state index contributed by atoms with van der Waals surface area (Å²) in [5.74, 6) is 1.80. The van der Waals surface area contributed by atoms with Crippen LogP contribution in [0.25, 0.3) is 22.2 Å². The molecule has 0 aliphatic carbocycles. The second-order valence-electron chi connectivity index (χ2n) is 9.86. The van der Waals surface area contributed by atoms with E-state index in [1.807, 2.05) is 36.4 Å². The van der Waals surface area contributed by atoms with Gasteiger partial charge in [0.1, 0.15) is 11.4 Å². The maximum Gasteiger partial charge on any atom is 0.263 e. The number of aromatic amines is 1. The zero-order valence-electron chi connectivity index (χ0n) is 20.4. The van der Waals surface area contributed by atoms with E-state index in [0.29, 0.717) is 28.9 Å². The number of nitrogens with one attached hydrogen (secondary N) is 3. The molecule has 0 radical (unpaired) electrons. The molecule has 0 amide bonds. The Hall–Kier alpha value is -3.71. The number of anilines is 2. The van der Waals surface area contributed by atoms with Crippen molar-refractivity contribution in [3.05, 3.63) is 82.6 Å². The molecule has 4 heterocycles. The molecule has 184 valence electrons. The summed E-state index contributed by atoms with van der Waals surface area (Å²) in [5.41, 5.74) is 3.26. The number of hydrogen-bond acceptors (Lipinski definition) is 6. The SMILES string of the molecule is O=c1[nH]c(N2CCC(c3ccccc3)CC2)nc(NC2CCCNC2)c1-c1ccc2ccccc2n1. The third kappa shape index (κ3) is 4.71. The molecule has 2 aliphatic heterocycles. The van der Waals surface area contributed by atoms with Crippen LogP contribution in [-0.2, 0) is 0 Å². The number of piperidine rings is 2. The van der Waals surface area contributed by atoms with E-state index in [1.165, 1.54) is 5.56 Å². The molecule has 2 saturated heterocycles. The van der Waals surface area contributed by atoms with Crippen molar-refractivity contribution in [1.82, 2.24) is 20.3 Å². The predicted molar refractivity (Wildman–Crippen MR) is 146 cm³/mol. The fourth-order valence-corrected chi connectivity index (χ4v) is 5.48. The molecule has 1 atom stereocenters. The van der Waals surface area contributed by atoms with Gasteiger partial charge in [-0.05, 0) is 55.8 Å². The summed E-state index contributed by atoms with van der Waals surface area (Å²) in [6.45, 7) is 3.61. The second-order valence-corrected chi connectivity index (χ2v) is 9.86. The van der Waals surface area contributed by atoms with E-state index < -0.39 is 0 Å². The minimum absolute atomic E-state index is 0.153. The lowest BCUT2D eigenvalue weighted by molar-refractivity contribution is 0.478. The number of H-pyrrole nitrogens is 1. The highest BCUT2D eigenvalue weighted by molar-refractivity contribution is 5.83. The molecular formula is C29H32N6O. The Morgan fingerprint density at radius 3 is 2.50 bits per heavy atom. The van der Waals surface area contributed by atoms with Crippen molar-refractivity contribution in [2.24, 2.45) is 0 Å². The third-order valence-corrected chi connectivity index (χ3v) is 7.46. The highest BCUT2D eigenvalue weighted by Gasteiger charge is 2.25. The number of rotatable bonds is 5. The van der Waals surface area contributed by atoms with Crippen molar-refractivity contribution in [3.63, 3.8) is 0 Å². The first-order valence-corrected chi connectivity index (χ1v) is 13.0. The largest absolute Gasteiger partial charge is 0.365 e. The van der Waals surface area contributed by atoms with Crippen LogP contribution in [0.15, 0.2) is 71.5 Å². The summed E-state index contributed by atoms with van der Waals surface area (Å²) in [4.78, 5) is 28.7. The normalized spacial score (nSPS) is 18.9. The Morgan fingerprint density at radius 1 is 0.889 bits per heavy atom. The average molecular weight is 481 g/mol. The van der Waals surface area contributed by atoms with Crippen LogP contribution in [-0.4, -0.2) is 47.2 Å². The van der Waals surface area contributed by atoms with Crippen LogP contribution in [0.1, 0.15) is 37.2 Å². The number of fused-ring (bicyclic) bond motifs is 1. The van der Waals surface area contributed by atoms with Crippen molar-refractivity contribution in [1.29, 1.82) is 0 Å². The zero-order valence-corrected chi connectivity index (χ0v) is 20.4. The molecule has 2 fully saturated rings. The first kappa shape index (κ1) is 22.7. The van der Waals surface area contributed by atoms with Crippen LogP contribution in [0.4, 0.5) is 11.8 Å². The Kier molecular flexibility index (Phi) is 6.38. The van der Waals surface area contributed by atoms with E-state index in [9.17, 15) is 4.79 Å². The van der Waals surface area contributed by atoms with Crippen LogP contribution in [0, 0.1) is 0 Å². The summed E-state index contributed by atoms with van der Waals surface area (Å²) in [7, 11) is 0. The van der Waals surface area contributed by atoms with Crippen molar-refractivity contribution in [3.8, 4) is 11.3 Å². The molecule has 3 N–H and O–H groups in total. The minimum atomic E-state index is -0.153. The number of pyridine rings is 1. The van der Waals surface area contributed by atoms with Gasteiger partial charge in [-0.3, -0.25) is 9.78 Å². The van der Waals surface area contributed by atoms with E-state index in [4.69, 9.17) is 9.97 Å². The van der Waals surface area contributed by atoms with Crippen molar-refractivity contribution < 1.29 is 0 Å². The molecule has 0 saturated carbocycles. The topological polar surface area (TPSA) is 85.9 Å². The van der Waals surface area contributed by atoms with Gasteiger partial charge in [-0.1, -0.05) is 54.6 Å². The molecule has 7 nitrogen and oxygen atoms in total. The van der Waals surface area contributed by atoms with Gasteiger partial charge in [0.2, 0.25) is 5.95 Å². The lowest BCUT2D eigenvalue weighted by Crippen LogP contribution is -2.40. The highest BCUT2D eigenvalue weighted by atomic mass is 16.1. The van der Waals surface area contributed by atoms with E-state index in [0.717, 1.165) is 62.8 Å². The van der Waals surface area contributed by atoms with Gasteiger partial charge in [-0.15, -0.1) is 0 Å². The summed E-state index contributed by atoms with van der Waals surface area (Å²) >= 11 is 0. The number of nitrogens with zero attached hydrogens (tertiary/aromatic N) is 3. The van der Waals surface area contributed by atoms with Gasteiger partial charge in [-0.2, -0.15) is 4.98 Å². The first-order valence-electron chi connectivity index (χ1n) is 13.0. The summed E-state index contributed by atoms with van der Waals surface area (Å²) in [5, 5.41) is 8.09. The lowest BCUT2D eigenvalue weighted by Gasteiger charge is -2.33. The predicted octanol–water partition coefficient (Wildman–Crippen LogP) is 4.53. The monoisotopic (exact) mass is 480 g/mol. The Morgan fingerprint density at radius 2 is 1.69 bits per heavy atom. The molecule has 1 unspecified atom stereocenters. The van der Waals surface area contributed by atoms with E-state index in [1.54, 1.807) is 0 Å². The quantitative estimate of drug-likeness (QED) is 0.389. The maximum atomic E-state index is 13.5. The second kappa shape index (κ2) is 10.1. The molecule has 36 heavy (non-hydrogen) atoms.